The molecule has 158 valence electrons. The molecule has 0 spiro atoms. The van der Waals surface area contributed by atoms with E-state index in [1.165, 1.54) is 12.0 Å². The normalized spacial score (nSPS) is 13.4. The van der Waals surface area contributed by atoms with Gasteiger partial charge in [0.2, 0.25) is 17.7 Å². The summed E-state index contributed by atoms with van der Waals surface area (Å²) in [6.45, 7) is 5.97. The van der Waals surface area contributed by atoms with Gasteiger partial charge < -0.3 is 19.3 Å². The summed E-state index contributed by atoms with van der Waals surface area (Å²) in [6, 6.07) is 10.6. The van der Waals surface area contributed by atoms with Crippen LogP contribution in [0.3, 0.4) is 0 Å². The molecule has 3 rings (SSSR count). The molecule has 0 atom stereocenters. The molecular weight excluding hydrogens is 384 g/mol. The molecule has 0 aliphatic carbocycles. The molecule has 1 aliphatic heterocycles. The predicted molar refractivity (Wildman–Crippen MR) is 116 cm³/mol. The zero-order chi connectivity index (χ0) is 21.7. The highest BCUT2D eigenvalue weighted by atomic mass is 16.5. The number of anilines is 2. The van der Waals surface area contributed by atoms with Gasteiger partial charge >= 0.3 is 0 Å². The maximum atomic E-state index is 13.3. The SMILES string of the molecule is CCOC1=Nc2ccccc2N(CC(=O)N(c2ccc(OC)nc2)C(C)C)C(=O)C1. The zero-order valence-electron chi connectivity index (χ0n) is 17.7. The van der Waals surface area contributed by atoms with Gasteiger partial charge in [0, 0.05) is 12.1 Å². The van der Waals surface area contributed by atoms with E-state index in [-0.39, 0.29) is 30.8 Å². The first-order chi connectivity index (χ1) is 14.4. The second kappa shape index (κ2) is 9.39. The van der Waals surface area contributed by atoms with Gasteiger partial charge in [-0.2, -0.15) is 0 Å². The average Bonchev–Trinajstić information content (AvgIpc) is 2.85. The standard InChI is InChI=1S/C22H26N4O4/c1-5-30-20-12-21(27)25(18-9-7-6-8-17(18)24-20)14-22(28)26(15(2)3)16-10-11-19(29-4)23-13-16/h6-11,13,15H,5,12,14H2,1-4H3. The molecule has 0 saturated carbocycles. The molecule has 2 heterocycles. The summed E-state index contributed by atoms with van der Waals surface area (Å²) in [5.74, 6) is 0.356. The Kier molecular flexibility index (Phi) is 6.66. The van der Waals surface area contributed by atoms with Gasteiger partial charge in [0.15, 0.2) is 5.90 Å². The Hall–Kier alpha value is -3.42. The zero-order valence-corrected chi connectivity index (χ0v) is 17.7. The smallest absolute Gasteiger partial charge is 0.247 e. The van der Waals surface area contributed by atoms with E-state index in [1.54, 1.807) is 35.4 Å². The molecule has 1 aromatic heterocycles. The van der Waals surface area contributed by atoms with E-state index in [4.69, 9.17) is 9.47 Å². The molecule has 0 bridgehead atoms. The van der Waals surface area contributed by atoms with Crippen LogP contribution in [0.15, 0.2) is 47.6 Å². The number of aromatic nitrogens is 1. The Morgan fingerprint density at radius 2 is 2.00 bits per heavy atom. The van der Waals surface area contributed by atoms with Gasteiger partial charge in [-0.3, -0.25) is 9.59 Å². The van der Waals surface area contributed by atoms with Crippen molar-refractivity contribution in [3.05, 3.63) is 42.6 Å². The lowest BCUT2D eigenvalue weighted by Crippen LogP contribution is -2.46. The lowest BCUT2D eigenvalue weighted by molar-refractivity contribution is -0.122. The number of para-hydroxylation sites is 2. The summed E-state index contributed by atoms with van der Waals surface area (Å²) < 4.78 is 10.6. The summed E-state index contributed by atoms with van der Waals surface area (Å²) in [7, 11) is 1.54. The Labute approximate surface area is 176 Å². The van der Waals surface area contributed by atoms with Gasteiger partial charge in [-0.1, -0.05) is 12.1 Å². The van der Waals surface area contributed by atoms with Crippen molar-refractivity contribution < 1.29 is 19.1 Å². The van der Waals surface area contributed by atoms with Crippen LogP contribution in [-0.4, -0.2) is 49.0 Å². The number of hydrogen-bond donors (Lipinski definition) is 0. The third-order valence-corrected chi connectivity index (χ3v) is 4.62. The Morgan fingerprint density at radius 3 is 2.63 bits per heavy atom. The predicted octanol–water partition coefficient (Wildman–Crippen LogP) is 3.34. The molecule has 1 aliphatic rings. The van der Waals surface area contributed by atoms with Crippen molar-refractivity contribution in [2.24, 2.45) is 4.99 Å². The molecule has 8 nitrogen and oxygen atoms in total. The Bertz CT molecular complexity index is 940. The average molecular weight is 410 g/mol. The van der Waals surface area contributed by atoms with Crippen LogP contribution in [0.25, 0.3) is 0 Å². The minimum Gasteiger partial charge on any atom is -0.481 e. The number of ether oxygens (including phenoxy) is 2. The largest absolute Gasteiger partial charge is 0.481 e. The molecule has 1 aromatic carbocycles. The molecule has 0 saturated heterocycles. The van der Waals surface area contributed by atoms with Crippen LogP contribution in [0.4, 0.5) is 17.1 Å². The molecule has 0 fully saturated rings. The first kappa shape index (κ1) is 21.3. The van der Waals surface area contributed by atoms with Crippen molar-refractivity contribution in [3.8, 4) is 5.88 Å². The molecule has 2 aromatic rings. The highest BCUT2D eigenvalue weighted by Gasteiger charge is 2.29. The molecule has 2 amide bonds. The highest BCUT2D eigenvalue weighted by molar-refractivity contribution is 6.12. The van der Waals surface area contributed by atoms with E-state index in [0.29, 0.717) is 35.4 Å². The summed E-state index contributed by atoms with van der Waals surface area (Å²) in [5.41, 5.74) is 1.82. The second-order valence-electron chi connectivity index (χ2n) is 7.00. The van der Waals surface area contributed by atoms with Crippen molar-refractivity contribution in [1.29, 1.82) is 0 Å². The number of methoxy groups -OCH3 is 1. The van der Waals surface area contributed by atoms with Gasteiger partial charge in [-0.15, -0.1) is 0 Å². The lowest BCUT2D eigenvalue weighted by atomic mass is 10.2. The molecular formula is C22H26N4O4. The fourth-order valence-electron chi connectivity index (χ4n) is 3.32. The quantitative estimate of drug-likeness (QED) is 0.729. The van der Waals surface area contributed by atoms with Crippen LogP contribution in [0.1, 0.15) is 27.2 Å². The van der Waals surface area contributed by atoms with Crippen LogP contribution in [0.5, 0.6) is 5.88 Å². The molecule has 0 radical (unpaired) electrons. The number of pyridine rings is 1. The summed E-state index contributed by atoms with van der Waals surface area (Å²) in [5, 5.41) is 0. The fraction of sp³-hybridized carbons (Fsp3) is 0.364. The second-order valence-corrected chi connectivity index (χ2v) is 7.00. The summed E-state index contributed by atoms with van der Waals surface area (Å²) in [4.78, 5) is 38.0. The van der Waals surface area contributed by atoms with E-state index in [0.717, 1.165) is 0 Å². The number of rotatable bonds is 6. The number of benzene rings is 1. The van der Waals surface area contributed by atoms with Crippen molar-refractivity contribution in [3.63, 3.8) is 0 Å². The van der Waals surface area contributed by atoms with Gasteiger partial charge in [0.1, 0.15) is 13.0 Å². The molecule has 0 unspecified atom stereocenters. The maximum absolute atomic E-state index is 13.3. The summed E-state index contributed by atoms with van der Waals surface area (Å²) in [6.07, 6.45) is 1.59. The molecule has 0 N–H and O–H groups in total. The van der Waals surface area contributed by atoms with Crippen molar-refractivity contribution in [1.82, 2.24) is 4.98 Å². The summed E-state index contributed by atoms with van der Waals surface area (Å²) >= 11 is 0. The third kappa shape index (κ3) is 4.59. The van der Waals surface area contributed by atoms with Gasteiger partial charge in [0.25, 0.3) is 0 Å². The van der Waals surface area contributed by atoms with E-state index in [9.17, 15) is 9.59 Å². The van der Waals surface area contributed by atoms with E-state index in [2.05, 4.69) is 9.98 Å². The molecule has 8 heteroatoms. The Balaban J connectivity index is 1.89. The molecule has 30 heavy (non-hydrogen) atoms. The van der Waals surface area contributed by atoms with Crippen LogP contribution < -0.4 is 14.5 Å². The highest BCUT2D eigenvalue weighted by Crippen LogP contribution is 2.32. The van der Waals surface area contributed by atoms with Crippen molar-refractivity contribution in [2.75, 3.05) is 30.1 Å². The number of carbonyl (C=O) groups excluding carboxylic acids is 2. The van der Waals surface area contributed by atoms with Gasteiger partial charge in [-0.25, -0.2) is 9.98 Å². The number of fused-ring (bicyclic) bond motifs is 1. The Morgan fingerprint density at radius 1 is 1.23 bits per heavy atom. The maximum Gasteiger partial charge on any atom is 0.247 e. The van der Waals surface area contributed by atoms with E-state index in [1.807, 2.05) is 32.9 Å². The number of carbonyl (C=O) groups is 2. The number of hydrogen-bond acceptors (Lipinski definition) is 6. The third-order valence-electron chi connectivity index (χ3n) is 4.62. The topological polar surface area (TPSA) is 84.3 Å². The number of aliphatic imine (C=N–C) groups is 1. The monoisotopic (exact) mass is 410 g/mol. The van der Waals surface area contributed by atoms with Crippen LogP contribution >= 0.6 is 0 Å². The van der Waals surface area contributed by atoms with Crippen molar-refractivity contribution >= 4 is 34.8 Å². The van der Waals surface area contributed by atoms with Crippen molar-refractivity contribution in [2.45, 2.75) is 33.2 Å². The first-order valence-electron chi connectivity index (χ1n) is 9.86. The minimum absolute atomic E-state index is 0.00156. The van der Waals surface area contributed by atoms with Crippen LogP contribution in [-0.2, 0) is 14.3 Å². The fourth-order valence-corrected chi connectivity index (χ4v) is 3.32. The first-order valence-corrected chi connectivity index (χ1v) is 9.86. The van der Waals surface area contributed by atoms with Crippen LogP contribution in [0.2, 0.25) is 0 Å². The number of amides is 2. The van der Waals surface area contributed by atoms with Crippen LogP contribution in [0, 0.1) is 0 Å². The van der Waals surface area contributed by atoms with Gasteiger partial charge in [-0.05, 0) is 39.0 Å². The minimum atomic E-state index is -0.239. The van der Waals surface area contributed by atoms with E-state index >= 15 is 0 Å². The number of nitrogens with zero attached hydrogens (tertiary/aromatic N) is 4. The van der Waals surface area contributed by atoms with Gasteiger partial charge in [0.05, 0.1) is 37.0 Å². The van der Waals surface area contributed by atoms with E-state index < -0.39 is 0 Å². The lowest BCUT2D eigenvalue weighted by Gasteiger charge is -2.30.